The summed E-state index contributed by atoms with van der Waals surface area (Å²) >= 11 is 0. The molecule has 0 aliphatic carbocycles. The number of hydrogen-bond donors (Lipinski definition) is 2. The number of carbonyl (C=O) groups excluding carboxylic acids is 1. The summed E-state index contributed by atoms with van der Waals surface area (Å²) < 4.78 is 90.7. The van der Waals surface area contributed by atoms with Crippen LogP contribution < -0.4 is 14.9 Å². The summed E-state index contributed by atoms with van der Waals surface area (Å²) in [5.74, 6) is -7.79. The number of morpholine rings is 1. The van der Waals surface area contributed by atoms with Gasteiger partial charge in [0.2, 0.25) is 10.0 Å². The third kappa shape index (κ3) is 5.27. The number of carbonyl (C=O) groups is 1. The summed E-state index contributed by atoms with van der Waals surface area (Å²) in [6.07, 6.45) is -0.831. The summed E-state index contributed by atoms with van der Waals surface area (Å²) in [5, 5.41) is 1.16. The fourth-order valence-corrected chi connectivity index (χ4v) is 4.23. The van der Waals surface area contributed by atoms with Gasteiger partial charge in [0.1, 0.15) is 11.4 Å². The van der Waals surface area contributed by atoms with Crippen molar-refractivity contribution in [1.82, 2.24) is 0 Å². The third-order valence-corrected chi connectivity index (χ3v) is 7.00. The number of ether oxygens (including phenoxy) is 1. The lowest BCUT2D eigenvalue weighted by Crippen LogP contribution is -2.46. The molecule has 1 saturated heterocycles. The molecule has 2 aromatic carbocycles. The number of anilines is 3. The van der Waals surface area contributed by atoms with Gasteiger partial charge in [0.05, 0.1) is 17.5 Å². The Bertz CT molecular complexity index is 1150. The van der Waals surface area contributed by atoms with Crippen molar-refractivity contribution in [3.8, 4) is 0 Å². The first-order chi connectivity index (χ1) is 15.8. The van der Waals surface area contributed by atoms with Crippen LogP contribution in [0.5, 0.6) is 0 Å². The van der Waals surface area contributed by atoms with Gasteiger partial charge in [-0.2, -0.15) is 0 Å². The summed E-state index contributed by atoms with van der Waals surface area (Å²) in [5.41, 5.74) is -2.08. The minimum Gasteiger partial charge on any atom is -0.372 e. The number of amides is 1. The molecule has 0 spiro atoms. The van der Waals surface area contributed by atoms with Crippen LogP contribution in [0.4, 0.5) is 34.6 Å². The van der Waals surface area contributed by atoms with E-state index in [-0.39, 0.29) is 24.3 Å². The van der Waals surface area contributed by atoms with Crippen LogP contribution in [-0.4, -0.2) is 44.9 Å². The molecular weight excluding hydrogens is 478 g/mol. The van der Waals surface area contributed by atoms with Crippen LogP contribution in [-0.2, 0) is 14.8 Å². The van der Waals surface area contributed by atoms with Crippen molar-refractivity contribution in [3.63, 3.8) is 0 Å². The SMILES string of the molecule is CC(C)S(=O)(=O)Nc1ccc(C(=O)Nc2c(F)c(F)c(N3C[C@@H](C)O[C@@H](C)C3)c(F)c2F)cc1. The van der Waals surface area contributed by atoms with Crippen molar-refractivity contribution in [2.24, 2.45) is 0 Å². The maximum atomic E-state index is 14.8. The van der Waals surface area contributed by atoms with Crippen LogP contribution in [0.15, 0.2) is 24.3 Å². The van der Waals surface area contributed by atoms with Gasteiger partial charge in [-0.15, -0.1) is 0 Å². The number of halogens is 4. The highest BCUT2D eigenvalue weighted by Gasteiger charge is 2.33. The number of benzene rings is 2. The van der Waals surface area contributed by atoms with Gasteiger partial charge in [0.15, 0.2) is 23.3 Å². The largest absolute Gasteiger partial charge is 0.372 e. The highest BCUT2D eigenvalue weighted by molar-refractivity contribution is 7.93. The van der Waals surface area contributed by atoms with E-state index in [9.17, 15) is 30.8 Å². The molecule has 2 N–H and O–H groups in total. The average molecular weight is 504 g/mol. The molecule has 12 heteroatoms. The fraction of sp³-hybridized carbons (Fsp3) is 0.409. The summed E-state index contributed by atoms with van der Waals surface area (Å²) in [6.45, 7) is 6.34. The van der Waals surface area contributed by atoms with Gasteiger partial charge in [0.25, 0.3) is 5.91 Å². The molecular formula is C22H25F4N3O4S. The zero-order chi connectivity index (χ0) is 25.4. The van der Waals surface area contributed by atoms with Crippen molar-refractivity contribution < 1.29 is 35.5 Å². The topological polar surface area (TPSA) is 87.7 Å². The van der Waals surface area contributed by atoms with Gasteiger partial charge < -0.3 is 15.0 Å². The molecule has 1 heterocycles. The van der Waals surface area contributed by atoms with E-state index in [0.29, 0.717) is 0 Å². The third-order valence-electron chi connectivity index (χ3n) is 5.24. The van der Waals surface area contributed by atoms with Crippen LogP contribution >= 0.6 is 0 Å². The Labute approximate surface area is 195 Å². The molecule has 2 aromatic rings. The zero-order valence-electron chi connectivity index (χ0n) is 19.0. The maximum Gasteiger partial charge on any atom is 0.255 e. The van der Waals surface area contributed by atoms with E-state index in [0.717, 1.165) is 4.90 Å². The first-order valence-corrected chi connectivity index (χ1v) is 12.1. The van der Waals surface area contributed by atoms with Crippen LogP contribution in [0.2, 0.25) is 0 Å². The Balaban J connectivity index is 1.85. The predicted molar refractivity (Wildman–Crippen MR) is 121 cm³/mol. The predicted octanol–water partition coefficient (Wildman–Crippen LogP) is 4.26. The molecule has 186 valence electrons. The van der Waals surface area contributed by atoms with Gasteiger partial charge in [-0.25, -0.2) is 26.0 Å². The Hall–Kier alpha value is -2.86. The minimum absolute atomic E-state index is 0.0235. The first kappa shape index (κ1) is 25.8. The lowest BCUT2D eigenvalue weighted by atomic mass is 10.1. The molecule has 0 bridgehead atoms. The molecule has 1 fully saturated rings. The summed E-state index contributed by atoms with van der Waals surface area (Å²) in [6, 6.07) is 4.93. The van der Waals surface area contributed by atoms with Crippen molar-refractivity contribution >= 4 is 33.0 Å². The fourth-order valence-electron chi connectivity index (χ4n) is 3.53. The van der Waals surface area contributed by atoms with Crippen molar-refractivity contribution in [2.75, 3.05) is 28.0 Å². The quantitative estimate of drug-likeness (QED) is 0.455. The van der Waals surface area contributed by atoms with E-state index in [4.69, 9.17) is 4.74 Å². The highest BCUT2D eigenvalue weighted by atomic mass is 32.2. The summed E-state index contributed by atoms with van der Waals surface area (Å²) in [4.78, 5) is 13.6. The molecule has 0 unspecified atom stereocenters. The Morgan fingerprint density at radius 1 is 0.971 bits per heavy atom. The van der Waals surface area contributed by atoms with Crippen molar-refractivity contribution in [2.45, 2.75) is 45.2 Å². The molecule has 7 nitrogen and oxygen atoms in total. The van der Waals surface area contributed by atoms with Crippen molar-refractivity contribution in [1.29, 1.82) is 0 Å². The second-order valence-corrected chi connectivity index (χ2v) is 10.6. The van der Waals surface area contributed by atoms with Gasteiger partial charge in [-0.3, -0.25) is 9.52 Å². The van der Waals surface area contributed by atoms with E-state index in [1.165, 1.54) is 38.1 Å². The normalized spacial score (nSPS) is 18.8. The van der Waals surface area contributed by atoms with Gasteiger partial charge in [-0.05, 0) is 52.0 Å². The Morgan fingerprint density at radius 3 is 1.94 bits per heavy atom. The minimum atomic E-state index is -3.62. The van der Waals surface area contributed by atoms with E-state index < -0.39 is 68.0 Å². The van der Waals surface area contributed by atoms with E-state index >= 15 is 0 Å². The van der Waals surface area contributed by atoms with E-state index in [1.807, 2.05) is 5.32 Å². The molecule has 1 aliphatic heterocycles. The lowest BCUT2D eigenvalue weighted by molar-refractivity contribution is -0.00566. The van der Waals surface area contributed by atoms with Gasteiger partial charge >= 0.3 is 0 Å². The number of rotatable bonds is 6. The first-order valence-electron chi connectivity index (χ1n) is 10.5. The molecule has 0 radical (unpaired) electrons. The van der Waals surface area contributed by atoms with Crippen molar-refractivity contribution in [3.05, 3.63) is 53.1 Å². The second kappa shape index (κ2) is 9.79. The van der Waals surface area contributed by atoms with Crippen LogP contribution in [0.1, 0.15) is 38.1 Å². The van der Waals surface area contributed by atoms with E-state index in [1.54, 1.807) is 13.8 Å². The molecule has 2 atom stereocenters. The van der Waals surface area contributed by atoms with Crippen LogP contribution in [0.25, 0.3) is 0 Å². The van der Waals surface area contributed by atoms with Gasteiger partial charge in [-0.1, -0.05) is 0 Å². The summed E-state index contributed by atoms with van der Waals surface area (Å²) in [7, 11) is -3.62. The number of nitrogens with one attached hydrogen (secondary N) is 2. The van der Waals surface area contributed by atoms with E-state index in [2.05, 4.69) is 4.72 Å². The molecule has 0 saturated carbocycles. The zero-order valence-corrected chi connectivity index (χ0v) is 19.8. The van der Waals surface area contributed by atoms with Crippen LogP contribution in [0, 0.1) is 23.3 Å². The maximum absolute atomic E-state index is 14.8. The molecule has 1 amide bonds. The molecule has 1 aliphatic rings. The Morgan fingerprint density at radius 2 is 1.47 bits per heavy atom. The monoisotopic (exact) mass is 503 g/mol. The smallest absolute Gasteiger partial charge is 0.255 e. The Kier molecular flexibility index (Phi) is 7.41. The number of sulfonamides is 1. The standard InChI is InChI=1S/C22H25F4N3O4S/c1-11(2)34(31,32)28-15-7-5-14(6-8-15)22(30)27-20-16(23)18(25)21(19(26)17(20)24)29-9-12(3)33-13(4)10-29/h5-8,11-13,28H,9-10H2,1-4H3,(H,27,30)/t12-,13+. The molecule has 0 aromatic heterocycles. The second-order valence-electron chi connectivity index (χ2n) is 8.37. The number of nitrogens with zero attached hydrogens (tertiary/aromatic N) is 1. The average Bonchev–Trinajstić information content (AvgIpc) is 2.75. The van der Waals surface area contributed by atoms with Crippen LogP contribution in [0.3, 0.4) is 0 Å². The highest BCUT2D eigenvalue weighted by Crippen LogP contribution is 2.35. The van der Waals surface area contributed by atoms with Gasteiger partial charge in [0, 0.05) is 24.3 Å². The number of hydrogen-bond acceptors (Lipinski definition) is 5. The molecule has 3 rings (SSSR count). The molecule has 34 heavy (non-hydrogen) atoms. The lowest BCUT2D eigenvalue weighted by Gasteiger charge is -2.37.